The van der Waals surface area contributed by atoms with E-state index in [1.807, 2.05) is 0 Å². The highest BCUT2D eigenvalue weighted by molar-refractivity contribution is 5.78. The monoisotopic (exact) mass is 269 g/mol. The highest BCUT2D eigenvalue weighted by Crippen LogP contribution is 2.37. The molecule has 2 aromatic heterocycles. The zero-order valence-corrected chi connectivity index (χ0v) is 12.5. The number of fused-ring (bicyclic) bond motifs is 3. The van der Waals surface area contributed by atoms with E-state index in [9.17, 15) is 0 Å². The molecule has 0 atom stereocenters. The van der Waals surface area contributed by atoms with Crippen molar-refractivity contribution in [2.24, 2.45) is 0 Å². The Balaban J connectivity index is 1.72. The summed E-state index contributed by atoms with van der Waals surface area (Å²) in [4.78, 5) is 7.31. The first-order chi connectivity index (χ1) is 9.72. The summed E-state index contributed by atoms with van der Waals surface area (Å²) in [6.07, 6.45) is 6.20. The van der Waals surface area contributed by atoms with Gasteiger partial charge in [-0.25, -0.2) is 4.98 Å². The molecule has 0 N–H and O–H groups in total. The van der Waals surface area contributed by atoms with Crippen LogP contribution in [0.5, 0.6) is 0 Å². The summed E-state index contributed by atoms with van der Waals surface area (Å²) in [6.45, 7) is 7.84. The van der Waals surface area contributed by atoms with E-state index in [0.29, 0.717) is 6.04 Å². The molecule has 0 radical (unpaired) electrons. The summed E-state index contributed by atoms with van der Waals surface area (Å²) in [5.74, 6) is 0.774. The van der Waals surface area contributed by atoms with Gasteiger partial charge in [0.2, 0.25) is 0 Å². The smallest absolute Gasteiger partial charge is 0.140 e. The van der Waals surface area contributed by atoms with Crippen molar-refractivity contribution in [1.29, 1.82) is 0 Å². The van der Waals surface area contributed by atoms with Gasteiger partial charge in [0.1, 0.15) is 5.65 Å². The number of hydrogen-bond donors (Lipinski definition) is 0. The number of pyridine rings is 1. The highest BCUT2D eigenvalue weighted by Gasteiger charge is 2.23. The van der Waals surface area contributed by atoms with Crippen molar-refractivity contribution in [2.45, 2.75) is 58.2 Å². The number of nitrogens with zero attached hydrogens (tertiary/aromatic N) is 3. The molecule has 0 saturated heterocycles. The Kier molecular flexibility index (Phi) is 2.84. The van der Waals surface area contributed by atoms with Crippen molar-refractivity contribution in [3.05, 3.63) is 29.6 Å². The largest absolute Gasteiger partial charge is 0.327 e. The predicted molar refractivity (Wildman–Crippen MR) is 81.9 cm³/mol. The normalized spacial score (nSPS) is 20.4. The molecular formula is C17H23N3. The van der Waals surface area contributed by atoms with Gasteiger partial charge in [-0.15, -0.1) is 0 Å². The van der Waals surface area contributed by atoms with Gasteiger partial charge in [0.25, 0.3) is 0 Å². The zero-order chi connectivity index (χ0) is 13.7. The van der Waals surface area contributed by atoms with Crippen molar-refractivity contribution < 1.29 is 0 Å². The van der Waals surface area contributed by atoms with Crippen molar-refractivity contribution in [3.63, 3.8) is 0 Å². The summed E-state index contributed by atoms with van der Waals surface area (Å²) in [6, 6.07) is 5.37. The lowest BCUT2D eigenvalue weighted by Gasteiger charge is -2.31. The molecule has 0 amide bonds. The lowest BCUT2D eigenvalue weighted by molar-refractivity contribution is 0.178. The van der Waals surface area contributed by atoms with Crippen molar-refractivity contribution >= 4 is 11.0 Å². The highest BCUT2D eigenvalue weighted by atomic mass is 15.2. The van der Waals surface area contributed by atoms with Gasteiger partial charge in [-0.1, -0.05) is 6.42 Å². The minimum absolute atomic E-state index is 0.625. The zero-order valence-electron chi connectivity index (χ0n) is 12.5. The average Bonchev–Trinajstić information content (AvgIpc) is 2.73. The molecule has 106 valence electrons. The Bertz CT molecular complexity index is 637. The second-order valence-corrected chi connectivity index (χ2v) is 6.66. The van der Waals surface area contributed by atoms with Gasteiger partial charge < -0.3 is 4.57 Å². The lowest BCUT2D eigenvalue weighted by Crippen LogP contribution is -2.38. The second-order valence-electron chi connectivity index (χ2n) is 6.66. The van der Waals surface area contributed by atoms with E-state index in [1.54, 1.807) is 0 Å². The molecule has 1 aliphatic heterocycles. The van der Waals surface area contributed by atoms with Crippen LogP contribution in [-0.2, 0) is 13.1 Å². The van der Waals surface area contributed by atoms with Crippen LogP contribution < -0.4 is 0 Å². The molecule has 2 aromatic rings. The first-order valence-electron chi connectivity index (χ1n) is 7.94. The van der Waals surface area contributed by atoms with Crippen LogP contribution in [0.15, 0.2) is 18.3 Å². The van der Waals surface area contributed by atoms with Gasteiger partial charge in [0.15, 0.2) is 0 Å². The molecule has 1 fully saturated rings. The number of aromatic nitrogens is 2. The molecule has 1 saturated carbocycles. The van der Waals surface area contributed by atoms with Crippen LogP contribution in [-0.4, -0.2) is 27.0 Å². The van der Waals surface area contributed by atoms with Gasteiger partial charge in [0, 0.05) is 43.0 Å². The van der Waals surface area contributed by atoms with E-state index in [2.05, 4.69) is 41.6 Å². The molecule has 0 unspecified atom stereocenters. The summed E-state index contributed by atoms with van der Waals surface area (Å²) >= 11 is 0. The van der Waals surface area contributed by atoms with Crippen molar-refractivity contribution in [3.8, 4) is 0 Å². The molecule has 0 bridgehead atoms. The maximum atomic E-state index is 4.77. The third kappa shape index (κ3) is 1.87. The van der Waals surface area contributed by atoms with E-state index in [0.717, 1.165) is 25.6 Å². The summed E-state index contributed by atoms with van der Waals surface area (Å²) in [5.41, 5.74) is 4.07. The summed E-state index contributed by atoms with van der Waals surface area (Å²) in [7, 11) is 0. The van der Waals surface area contributed by atoms with Crippen LogP contribution in [0.3, 0.4) is 0 Å². The summed E-state index contributed by atoms with van der Waals surface area (Å²) < 4.78 is 2.42. The van der Waals surface area contributed by atoms with E-state index in [4.69, 9.17) is 4.98 Å². The lowest BCUT2D eigenvalue weighted by atomic mass is 9.80. The Hall–Kier alpha value is -1.35. The van der Waals surface area contributed by atoms with Crippen LogP contribution in [0, 0.1) is 0 Å². The van der Waals surface area contributed by atoms with Gasteiger partial charge in [-0.2, -0.15) is 0 Å². The molecule has 3 heteroatoms. The van der Waals surface area contributed by atoms with Crippen LogP contribution in [0.1, 0.15) is 50.3 Å². The Morgan fingerprint density at radius 3 is 2.75 bits per heavy atom. The van der Waals surface area contributed by atoms with Crippen LogP contribution >= 0.6 is 0 Å². The Morgan fingerprint density at radius 1 is 1.20 bits per heavy atom. The average molecular weight is 269 g/mol. The first-order valence-corrected chi connectivity index (χ1v) is 7.94. The van der Waals surface area contributed by atoms with Crippen molar-refractivity contribution in [2.75, 3.05) is 6.54 Å². The quantitative estimate of drug-likeness (QED) is 0.831. The maximum absolute atomic E-state index is 4.77. The SMILES string of the molecule is CC(C)N1CCn2c(cc3cc(C4CCC4)cnc32)C1. The molecule has 0 aromatic carbocycles. The van der Waals surface area contributed by atoms with E-state index >= 15 is 0 Å². The fourth-order valence-corrected chi connectivity index (χ4v) is 3.52. The summed E-state index contributed by atoms with van der Waals surface area (Å²) in [5, 5.41) is 1.34. The standard InChI is InChI=1S/C17H23N3/c1-12(2)19-6-7-20-16(11-19)9-14-8-15(10-18-17(14)20)13-4-3-5-13/h8-10,12-13H,3-7,11H2,1-2H3. The van der Waals surface area contributed by atoms with Gasteiger partial charge in [-0.3, -0.25) is 4.90 Å². The molecule has 3 nitrogen and oxygen atoms in total. The molecule has 3 heterocycles. The van der Waals surface area contributed by atoms with Gasteiger partial charge in [0.05, 0.1) is 0 Å². The topological polar surface area (TPSA) is 21.1 Å². The Labute approximate surface area is 120 Å². The molecule has 0 spiro atoms. The molecule has 2 aliphatic rings. The first kappa shape index (κ1) is 12.4. The Morgan fingerprint density at radius 2 is 2.05 bits per heavy atom. The molecule has 1 aliphatic carbocycles. The molecule has 4 rings (SSSR count). The maximum Gasteiger partial charge on any atom is 0.140 e. The van der Waals surface area contributed by atoms with Gasteiger partial charge >= 0.3 is 0 Å². The van der Waals surface area contributed by atoms with Crippen LogP contribution in [0.25, 0.3) is 11.0 Å². The molecule has 20 heavy (non-hydrogen) atoms. The van der Waals surface area contributed by atoms with E-state index in [1.165, 1.54) is 41.6 Å². The third-order valence-electron chi connectivity index (χ3n) is 5.12. The number of hydrogen-bond acceptors (Lipinski definition) is 2. The fourth-order valence-electron chi connectivity index (χ4n) is 3.52. The second kappa shape index (κ2) is 4.59. The van der Waals surface area contributed by atoms with Crippen LogP contribution in [0.4, 0.5) is 0 Å². The molecular weight excluding hydrogens is 246 g/mol. The van der Waals surface area contributed by atoms with Gasteiger partial charge in [-0.05, 0) is 50.3 Å². The van der Waals surface area contributed by atoms with E-state index in [-0.39, 0.29) is 0 Å². The van der Waals surface area contributed by atoms with E-state index < -0.39 is 0 Å². The number of rotatable bonds is 2. The minimum atomic E-state index is 0.625. The minimum Gasteiger partial charge on any atom is -0.327 e. The fraction of sp³-hybridized carbons (Fsp3) is 0.588. The van der Waals surface area contributed by atoms with Crippen molar-refractivity contribution in [1.82, 2.24) is 14.5 Å². The predicted octanol–water partition coefficient (Wildman–Crippen LogP) is 3.53. The third-order valence-corrected chi connectivity index (χ3v) is 5.12. The van der Waals surface area contributed by atoms with Crippen LogP contribution in [0.2, 0.25) is 0 Å².